The van der Waals surface area contributed by atoms with E-state index in [0.717, 1.165) is 35.5 Å². The van der Waals surface area contributed by atoms with Crippen molar-refractivity contribution in [1.29, 1.82) is 0 Å². The molecule has 1 aliphatic heterocycles. The topological polar surface area (TPSA) is 108 Å². The summed E-state index contributed by atoms with van der Waals surface area (Å²) in [6.45, 7) is 0.583. The lowest BCUT2D eigenvalue weighted by molar-refractivity contribution is -0.134. The predicted molar refractivity (Wildman–Crippen MR) is 119 cm³/mol. The van der Waals surface area contributed by atoms with Crippen molar-refractivity contribution in [3.8, 4) is 17.0 Å². The second-order valence-electron chi connectivity index (χ2n) is 7.80. The summed E-state index contributed by atoms with van der Waals surface area (Å²) in [5.74, 6) is 0.684. The highest BCUT2D eigenvalue weighted by molar-refractivity contribution is 5.86. The number of imidazole rings is 1. The summed E-state index contributed by atoms with van der Waals surface area (Å²) < 4.78 is 4.73. The highest BCUT2D eigenvalue weighted by Gasteiger charge is 2.36. The average molecular weight is 434 g/mol. The maximum Gasteiger partial charge on any atom is 0.407 e. The van der Waals surface area contributed by atoms with E-state index in [1.54, 1.807) is 35.4 Å². The molecule has 32 heavy (non-hydrogen) atoms. The van der Waals surface area contributed by atoms with E-state index in [2.05, 4.69) is 15.3 Å². The second kappa shape index (κ2) is 9.55. The number of phenols is 1. The molecule has 0 spiro atoms. The van der Waals surface area contributed by atoms with Crippen molar-refractivity contribution in [1.82, 2.24) is 20.2 Å². The monoisotopic (exact) mass is 434 g/mol. The molecule has 2 atom stereocenters. The Bertz CT molecular complexity index is 1070. The van der Waals surface area contributed by atoms with Crippen molar-refractivity contribution < 1.29 is 19.4 Å². The molecule has 2 heterocycles. The van der Waals surface area contributed by atoms with Gasteiger partial charge < -0.3 is 25.0 Å². The van der Waals surface area contributed by atoms with Gasteiger partial charge in [-0.2, -0.15) is 0 Å². The first-order valence-electron chi connectivity index (χ1n) is 10.6. The van der Waals surface area contributed by atoms with E-state index in [1.807, 2.05) is 30.3 Å². The summed E-state index contributed by atoms with van der Waals surface area (Å²) in [6.07, 6.45) is 3.04. The number of phenolic OH excluding ortho intramolecular Hbond substituents is 1. The Labute approximate surface area is 186 Å². The molecule has 1 saturated heterocycles. The highest BCUT2D eigenvalue weighted by Crippen LogP contribution is 2.32. The Kier molecular flexibility index (Phi) is 6.39. The Balaban J connectivity index is 1.54. The lowest BCUT2D eigenvalue weighted by Crippen LogP contribution is -2.49. The van der Waals surface area contributed by atoms with Gasteiger partial charge in [0.25, 0.3) is 0 Å². The zero-order valence-electron chi connectivity index (χ0n) is 17.8. The molecule has 0 bridgehead atoms. The molecule has 1 fully saturated rings. The minimum atomic E-state index is -0.795. The molecular weight excluding hydrogens is 408 g/mol. The number of hydrogen-bond acceptors (Lipinski definition) is 5. The predicted octanol–water partition coefficient (Wildman–Crippen LogP) is 3.41. The van der Waals surface area contributed by atoms with Gasteiger partial charge in [-0.05, 0) is 36.1 Å². The molecule has 2 amide bonds. The maximum atomic E-state index is 13.5. The quantitative estimate of drug-likeness (QED) is 0.551. The first-order chi connectivity index (χ1) is 15.5. The maximum absolute atomic E-state index is 13.5. The van der Waals surface area contributed by atoms with Crippen LogP contribution in [0.3, 0.4) is 0 Å². The van der Waals surface area contributed by atoms with Crippen LogP contribution in [0, 0.1) is 0 Å². The molecule has 8 nitrogen and oxygen atoms in total. The summed E-state index contributed by atoms with van der Waals surface area (Å²) in [4.78, 5) is 35.1. The van der Waals surface area contributed by atoms with E-state index >= 15 is 0 Å². The van der Waals surface area contributed by atoms with Gasteiger partial charge in [-0.15, -0.1) is 0 Å². The number of nitrogens with one attached hydrogen (secondary N) is 2. The van der Waals surface area contributed by atoms with Gasteiger partial charge in [-0.3, -0.25) is 4.79 Å². The summed E-state index contributed by atoms with van der Waals surface area (Å²) in [5, 5.41) is 12.2. The lowest BCUT2D eigenvalue weighted by Gasteiger charge is -2.28. The molecular formula is C24H26N4O4. The van der Waals surface area contributed by atoms with Gasteiger partial charge in [-0.25, -0.2) is 9.78 Å². The SMILES string of the molecule is COC(=O)N[C@@H](Cc1ccc(O)cc1)C(=O)N1CCC[C@H]1c1ncc(-c2ccccc2)[nH]1. The summed E-state index contributed by atoms with van der Waals surface area (Å²) >= 11 is 0. The second-order valence-corrected chi connectivity index (χ2v) is 7.80. The van der Waals surface area contributed by atoms with Crippen molar-refractivity contribution in [3.05, 3.63) is 72.2 Å². The molecule has 0 aliphatic carbocycles. The Morgan fingerprint density at radius 3 is 2.69 bits per heavy atom. The average Bonchev–Trinajstić information content (AvgIpc) is 3.50. The molecule has 8 heteroatoms. The molecule has 1 aromatic heterocycles. The summed E-state index contributed by atoms with van der Waals surface area (Å²) in [5.41, 5.74) is 2.74. The number of rotatable bonds is 6. The van der Waals surface area contributed by atoms with Gasteiger partial charge in [0.05, 0.1) is 25.0 Å². The third-order valence-corrected chi connectivity index (χ3v) is 5.68. The number of hydrogen-bond donors (Lipinski definition) is 3. The van der Waals surface area contributed by atoms with Crippen LogP contribution in [0.2, 0.25) is 0 Å². The van der Waals surface area contributed by atoms with Crippen LogP contribution in [0.4, 0.5) is 4.79 Å². The van der Waals surface area contributed by atoms with Gasteiger partial charge in [0.15, 0.2) is 0 Å². The van der Waals surface area contributed by atoms with Crippen LogP contribution in [0.1, 0.15) is 30.3 Å². The van der Waals surface area contributed by atoms with Gasteiger partial charge in [-0.1, -0.05) is 42.5 Å². The molecule has 3 N–H and O–H groups in total. The number of likely N-dealkylation sites (tertiary alicyclic amines) is 1. The number of aromatic hydroxyl groups is 1. The third-order valence-electron chi connectivity index (χ3n) is 5.68. The minimum Gasteiger partial charge on any atom is -0.508 e. The number of alkyl carbamates (subject to hydrolysis) is 1. The number of aromatic nitrogens is 2. The van der Waals surface area contributed by atoms with Crippen LogP contribution >= 0.6 is 0 Å². The van der Waals surface area contributed by atoms with Crippen molar-refractivity contribution in [2.45, 2.75) is 31.3 Å². The number of methoxy groups -OCH3 is 1. The van der Waals surface area contributed by atoms with E-state index in [0.29, 0.717) is 6.54 Å². The molecule has 0 unspecified atom stereocenters. The van der Waals surface area contributed by atoms with E-state index < -0.39 is 12.1 Å². The minimum absolute atomic E-state index is 0.143. The van der Waals surface area contributed by atoms with E-state index in [4.69, 9.17) is 4.74 Å². The number of H-pyrrole nitrogens is 1. The number of nitrogens with zero attached hydrogens (tertiary/aromatic N) is 2. The van der Waals surface area contributed by atoms with Crippen LogP contribution in [-0.4, -0.2) is 51.7 Å². The largest absolute Gasteiger partial charge is 0.508 e. The smallest absolute Gasteiger partial charge is 0.407 e. The van der Waals surface area contributed by atoms with Crippen LogP contribution in [-0.2, 0) is 16.0 Å². The first kappa shape index (κ1) is 21.4. The highest BCUT2D eigenvalue weighted by atomic mass is 16.5. The Morgan fingerprint density at radius 1 is 1.22 bits per heavy atom. The summed E-state index contributed by atoms with van der Waals surface area (Å²) in [7, 11) is 1.27. The number of ether oxygens (including phenoxy) is 1. The number of carbonyl (C=O) groups excluding carboxylic acids is 2. The molecule has 1 aliphatic rings. The van der Waals surface area contributed by atoms with Crippen LogP contribution in [0.25, 0.3) is 11.3 Å². The van der Waals surface area contributed by atoms with Gasteiger partial charge in [0, 0.05) is 13.0 Å². The molecule has 3 aromatic rings. The fourth-order valence-corrected chi connectivity index (χ4v) is 4.05. The van der Waals surface area contributed by atoms with Crippen molar-refractivity contribution in [3.63, 3.8) is 0 Å². The van der Waals surface area contributed by atoms with Crippen molar-refractivity contribution >= 4 is 12.0 Å². The van der Waals surface area contributed by atoms with E-state index in [9.17, 15) is 14.7 Å². The molecule has 4 rings (SSSR count). The Hall–Kier alpha value is -3.81. The molecule has 2 aromatic carbocycles. The van der Waals surface area contributed by atoms with E-state index in [1.165, 1.54) is 7.11 Å². The zero-order valence-corrected chi connectivity index (χ0v) is 17.8. The summed E-state index contributed by atoms with van der Waals surface area (Å²) in [6, 6.07) is 15.5. The van der Waals surface area contributed by atoms with E-state index in [-0.39, 0.29) is 24.1 Å². The first-order valence-corrected chi connectivity index (χ1v) is 10.6. The van der Waals surface area contributed by atoms with Crippen LogP contribution < -0.4 is 5.32 Å². The Morgan fingerprint density at radius 2 is 1.97 bits per heavy atom. The standard InChI is InChI=1S/C24H26N4O4/c1-32-24(31)27-19(14-16-9-11-18(29)12-10-16)23(30)28-13-5-8-21(28)22-25-15-20(26-22)17-6-3-2-4-7-17/h2-4,6-7,9-12,15,19,21,29H,5,8,13-14H2,1H3,(H,25,26)(H,27,31)/t19-,21-/m0/s1. The molecule has 166 valence electrons. The van der Waals surface area contributed by atoms with Gasteiger partial charge in [0.2, 0.25) is 5.91 Å². The molecule has 0 saturated carbocycles. The van der Waals surface area contributed by atoms with Crippen molar-refractivity contribution in [2.75, 3.05) is 13.7 Å². The zero-order chi connectivity index (χ0) is 22.5. The number of carbonyl (C=O) groups is 2. The van der Waals surface area contributed by atoms with Gasteiger partial charge in [0.1, 0.15) is 17.6 Å². The number of amides is 2. The fourth-order valence-electron chi connectivity index (χ4n) is 4.05. The normalized spacial score (nSPS) is 16.5. The van der Waals surface area contributed by atoms with Gasteiger partial charge >= 0.3 is 6.09 Å². The van der Waals surface area contributed by atoms with Crippen molar-refractivity contribution in [2.24, 2.45) is 0 Å². The lowest BCUT2D eigenvalue weighted by atomic mass is 10.0. The number of benzene rings is 2. The van der Waals surface area contributed by atoms with Crippen LogP contribution in [0.5, 0.6) is 5.75 Å². The number of aromatic amines is 1. The van der Waals surface area contributed by atoms with Crippen LogP contribution in [0.15, 0.2) is 60.8 Å². The third kappa shape index (κ3) is 4.74. The molecule has 0 radical (unpaired) electrons. The fraction of sp³-hybridized carbons (Fsp3) is 0.292.